The largest absolute Gasteiger partial charge is 0.378 e. The second-order valence-electron chi connectivity index (χ2n) is 7.25. The molecule has 1 fully saturated rings. The Morgan fingerprint density at radius 3 is 2.59 bits per heavy atom. The molecular weight excluding hydrogens is 422 g/mol. The minimum atomic E-state index is -0.319. The van der Waals surface area contributed by atoms with Gasteiger partial charge in [0.25, 0.3) is 5.91 Å². The molecule has 1 aromatic heterocycles. The van der Waals surface area contributed by atoms with Crippen LogP contribution in [0.1, 0.15) is 15.2 Å². The molecular formula is C25H23N3O3S. The van der Waals surface area contributed by atoms with E-state index in [1.807, 2.05) is 36.4 Å². The molecule has 0 radical (unpaired) electrons. The number of nitrogens with zero attached hydrogens (tertiary/aromatic N) is 1. The third kappa shape index (κ3) is 5.17. The number of ether oxygens (including phenoxy) is 1. The first kappa shape index (κ1) is 21.6. The van der Waals surface area contributed by atoms with E-state index in [0.717, 1.165) is 29.2 Å². The van der Waals surface area contributed by atoms with E-state index in [-0.39, 0.29) is 18.4 Å². The highest BCUT2D eigenvalue weighted by Crippen LogP contribution is 2.39. The first-order valence-electron chi connectivity index (χ1n) is 10.3. The highest BCUT2D eigenvalue weighted by atomic mass is 32.1. The smallest absolute Gasteiger partial charge is 0.261 e. The first-order valence-corrected chi connectivity index (χ1v) is 11.1. The molecule has 162 valence electrons. The van der Waals surface area contributed by atoms with Gasteiger partial charge in [-0.2, -0.15) is 0 Å². The van der Waals surface area contributed by atoms with Crippen molar-refractivity contribution in [2.45, 2.75) is 0 Å². The fourth-order valence-corrected chi connectivity index (χ4v) is 4.61. The van der Waals surface area contributed by atoms with Gasteiger partial charge < -0.3 is 20.3 Å². The molecule has 2 aromatic carbocycles. The van der Waals surface area contributed by atoms with E-state index in [1.54, 1.807) is 24.3 Å². The molecule has 1 aliphatic heterocycles. The number of nitrogens with one attached hydrogen (secondary N) is 2. The zero-order valence-corrected chi connectivity index (χ0v) is 18.3. The number of carbonyl (C=O) groups is 2. The van der Waals surface area contributed by atoms with E-state index in [4.69, 9.17) is 11.2 Å². The van der Waals surface area contributed by atoms with Crippen LogP contribution in [0.15, 0.2) is 60.7 Å². The molecule has 4 rings (SSSR count). The minimum Gasteiger partial charge on any atom is -0.378 e. The van der Waals surface area contributed by atoms with Gasteiger partial charge in [-0.05, 0) is 29.8 Å². The van der Waals surface area contributed by atoms with Crippen molar-refractivity contribution in [2.75, 3.05) is 43.1 Å². The number of rotatable bonds is 6. The Bertz CT molecular complexity index is 1140. The van der Waals surface area contributed by atoms with Crippen molar-refractivity contribution in [3.05, 3.63) is 71.1 Å². The van der Waals surface area contributed by atoms with Crippen LogP contribution < -0.4 is 15.5 Å². The average Bonchev–Trinajstić information content (AvgIpc) is 3.29. The van der Waals surface area contributed by atoms with Gasteiger partial charge in [0.05, 0.1) is 29.6 Å². The molecule has 0 spiro atoms. The van der Waals surface area contributed by atoms with Gasteiger partial charge >= 0.3 is 0 Å². The Balaban J connectivity index is 1.46. The third-order valence-electron chi connectivity index (χ3n) is 5.04. The highest BCUT2D eigenvalue weighted by molar-refractivity contribution is 7.18. The highest BCUT2D eigenvalue weighted by Gasteiger charge is 2.22. The number of benzene rings is 2. The molecule has 0 aliphatic carbocycles. The van der Waals surface area contributed by atoms with Crippen molar-refractivity contribution in [3.63, 3.8) is 0 Å². The summed E-state index contributed by atoms with van der Waals surface area (Å²) in [6.45, 7) is 2.75. The maximum Gasteiger partial charge on any atom is 0.261 e. The van der Waals surface area contributed by atoms with Crippen molar-refractivity contribution in [1.29, 1.82) is 0 Å². The molecule has 0 saturated carbocycles. The minimum absolute atomic E-state index is 0.134. The van der Waals surface area contributed by atoms with E-state index in [2.05, 4.69) is 21.5 Å². The van der Waals surface area contributed by atoms with Crippen LogP contribution in [0.4, 0.5) is 10.7 Å². The van der Waals surface area contributed by atoms with Crippen LogP contribution in [0.25, 0.3) is 11.1 Å². The van der Waals surface area contributed by atoms with Gasteiger partial charge in [0.2, 0.25) is 5.91 Å². The van der Waals surface area contributed by atoms with Gasteiger partial charge in [0.1, 0.15) is 0 Å². The summed E-state index contributed by atoms with van der Waals surface area (Å²) in [4.78, 5) is 27.9. The molecule has 2 N–H and O–H groups in total. The fraction of sp³-hybridized carbons (Fsp3) is 0.200. The van der Waals surface area contributed by atoms with E-state index >= 15 is 0 Å². The van der Waals surface area contributed by atoms with Gasteiger partial charge in [-0.1, -0.05) is 42.3 Å². The molecule has 1 aliphatic rings. The Labute approximate surface area is 191 Å². The van der Waals surface area contributed by atoms with Gasteiger partial charge in [-0.25, -0.2) is 0 Å². The molecule has 1 saturated heterocycles. The maximum absolute atomic E-state index is 12.8. The Morgan fingerprint density at radius 2 is 1.84 bits per heavy atom. The van der Waals surface area contributed by atoms with Crippen molar-refractivity contribution < 1.29 is 14.3 Å². The molecule has 0 unspecified atom stereocenters. The van der Waals surface area contributed by atoms with Crippen LogP contribution >= 0.6 is 11.3 Å². The lowest BCUT2D eigenvalue weighted by molar-refractivity contribution is -0.115. The predicted octanol–water partition coefficient (Wildman–Crippen LogP) is 3.60. The van der Waals surface area contributed by atoms with E-state index in [9.17, 15) is 9.59 Å². The van der Waals surface area contributed by atoms with Crippen LogP contribution in [-0.2, 0) is 9.53 Å². The summed E-state index contributed by atoms with van der Waals surface area (Å²) in [5.41, 5.74) is 3.33. The summed E-state index contributed by atoms with van der Waals surface area (Å²) in [5, 5.41) is 6.51. The Kier molecular flexibility index (Phi) is 6.85. The maximum atomic E-state index is 12.8. The summed E-state index contributed by atoms with van der Waals surface area (Å²) in [5.74, 6) is 1.93. The lowest BCUT2D eigenvalue weighted by atomic mass is 10.1. The predicted molar refractivity (Wildman–Crippen MR) is 128 cm³/mol. The normalized spacial score (nSPS) is 13.3. The monoisotopic (exact) mass is 445 g/mol. The molecule has 0 bridgehead atoms. The fourth-order valence-electron chi connectivity index (χ4n) is 3.46. The zero-order chi connectivity index (χ0) is 22.3. The van der Waals surface area contributed by atoms with Gasteiger partial charge in [-0.3, -0.25) is 9.59 Å². The number of carbonyl (C=O) groups excluding carboxylic acids is 2. The van der Waals surface area contributed by atoms with Gasteiger partial charge in [-0.15, -0.1) is 17.8 Å². The van der Waals surface area contributed by atoms with Crippen molar-refractivity contribution >= 4 is 33.8 Å². The average molecular weight is 446 g/mol. The standard InChI is InChI=1S/C25H23N3O3S/c1-2-18-7-6-10-20(15-18)27-23(29)17-26-24(30)22-16-21(19-8-4-3-5-9-19)25(32-22)28-11-13-31-14-12-28/h1,3-10,15-16H,11-14,17H2,(H,26,30)(H,27,29). The van der Waals surface area contributed by atoms with Crippen molar-refractivity contribution in [2.24, 2.45) is 0 Å². The Morgan fingerprint density at radius 1 is 1.06 bits per heavy atom. The number of terminal acetylenes is 1. The molecule has 0 atom stereocenters. The van der Waals surface area contributed by atoms with E-state index in [1.165, 1.54) is 11.3 Å². The molecule has 7 heteroatoms. The quantitative estimate of drug-likeness (QED) is 0.569. The van der Waals surface area contributed by atoms with Crippen LogP contribution in [-0.4, -0.2) is 44.7 Å². The van der Waals surface area contributed by atoms with Crippen LogP contribution in [0.2, 0.25) is 0 Å². The second kappa shape index (κ2) is 10.1. The summed E-state index contributed by atoms with van der Waals surface area (Å²) in [7, 11) is 0. The molecule has 2 amide bonds. The first-order chi connectivity index (χ1) is 15.6. The van der Waals surface area contributed by atoms with Crippen molar-refractivity contribution in [3.8, 4) is 23.5 Å². The van der Waals surface area contributed by atoms with E-state index < -0.39 is 0 Å². The number of anilines is 2. The third-order valence-corrected chi connectivity index (χ3v) is 6.24. The van der Waals surface area contributed by atoms with Gasteiger partial charge in [0, 0.05) is 29.9 Å². The molecule has 3 aromatic rings. The number of morpholine rings is 1. The number of amides is 2. The molecule has 2 heterocycles. The SMILES string of the molecule is C#Cc1cccc(NC(=O)CNC(=O)c2cc(-c3ccccc3)c(N3CCOCC3)s2)c1. The molecule has 6 nitrogen and oxygen atoms in total. The zero-order valence-electron chi connectivity index (χ0n) is 17.5. The van der Waals surface area contributed by atoms with Crippen LogP contribution in [0, 0.1) is 12.3 Å². The van der Waals surface area contributed by atoms with Gasteiger partial charge in [0.15, 0.2) is 0 Å². The summed E-state index contributed by atoms with van der Waals surface area (Å²) < 4.78 is 5.48. The Hall–Kier alpha value is -3.60. The topological polar surface area (TPSA) is 70.7 Å². The number of hydrogen-bond donors (Lipinski definition) is 2. The summed E-state index contributed by atoms with van der Waals surface area (Å²) in [6, 6.07) is 18.9. The molecule has 32 heavy (non-hydrogen) atoms. The van der Waals surface area contributed by atoms with Crippen molar-refractivity contribution in [1.82, 2.24) is 5.32 Å². The summed E-state index contributed by atoms with van der Waals surface area (Å²) >= 11 is 1.43. The lowest BCUT2D eigenvalue weighted by Gasteiger charge is -2.28. The number of thiophene rings is 1. The number of hydrogen-bond acceptors (Lipinski definition) is 5. The summed E-state index contributed by atoms with van der Waals surface area (Å²) in [6.07, 6.45) is 5.39. The van der Waals surface area contributed by atoms with E-state index in [0.29, 0.717) is 29.3 Å². The van der Waals surface area contributed by atoms with Crippen LogP contribution in [0.5, 0.6) is 0 Å². The van der Waals surface area contributed by atoms with Crippen LogP contribution in [0.3, 0.4) is 0 Å². The second-order valence-corrected chi connectivity index (χ2v) is 8.28. The lowest BCUT2D eigenvalue weighted by Crippen LogP contribution is -2.36.